The molecule has 0 fully saturated rings. The summed E-state index contributed by atoms with van der Waals surface area (Å²) < 4.78 is 6.33. The SMILES string of the molecule is C#CCc1cc(-c2ccc(CC(=O)O)cc2)cc2c1OC(C)(C)CC2(C)C. The summed E-state index contributed by atoms with van der Waals surface area (Å²) in [4.78, 5) is 10.9. The van der Waals surface area contributed by atoms with Gasteiger partial charge in [-0.05, 0) is 54.5 Å². The Morgan fingerprint density at radius 1 is 1.15 bits per heavy atom. The summed E-state index contributed by atoms with van der Waals surface area (Å²) >= 11 is 0. The maximum atomic E-state index is 10.9. The van der Waals surface area contributed by atoms with Crippen LogP contribution in [0.1, 0.15) is 50.8 Å². The lowest BCUT2D eigenvalue weighted by molar-refractivity contribution is -0.136. The fourth-order valence-electron chi connectivity index (χ4n) is 4.18. The zero-order valence-corrected chi connectivity index (χ0v) is 16.4. The molecule has 0 amide bonds. The Balaban J connectivity index is 2.10. The quantitative estimate of drug-likeness (QED) is 0.779. The van der Waals surface area contributed by atoms with Crippen LogP contribution in [0.3, 0.4) is 0 Å². The van der Waals surface area contributed by atoms with Crippen molar-refractivity contribution in [3.63, 3.8) is 0 Å². The second-order valence-electron chi connectivity index (χ2n) is 8.58. The molecule has 0 atom stereocenters. The minimum Gasteiger partial charge on any atom is -0.487 e. The fraction of sp³-hybridized carbons (Fsp3) is 0.375. The average Bonchev–Trinajstić information content (AvgIpc) is 2.54. The lowest BCUT2D eigenvalue weighted by Crippen LogP contribution is -2.41. The largest absolute Gasteiger partial charge is 0.487 e. The van der Waals surface area contributed by atoms with Crippen molar-refractivity contribution in [3.8, 4) is 29.2 Å². The Hall–Kier alpha value is -2.73. The summed E-state index contributed by atoms with van der Waals surface area (Å²) in [5.74, 6) is 2.85. The highest BCUT2D eigenvalue weighted by Crippen LogP contribution is 2.47. The van der Waals surface area contributed by atoms with E-state index in [9.17, 15) is 4.79 Å². The van der Waals surface area contributed by atoms with E-state index >= 15 is 0 Å². The van der Waals surface area contributed by atoms with Gasteiger partial charge in [-0.25, -0.2) is 0 Å². The van der Waals surface area contributed by atoms with Gasteiger partial charge in [0.15, 0.2) is 0 Å². The molecule has 1 heterocycles. The van der Waals surface area contributed by atoms with Gasteiger partial charge in [-0.2, -0.15) is 0 Å². The summed E-state index contributed by atoms with van der Waals surface area (Å²) in [6.07, 6.45) is 7.09. The molecule has 0 spiro atoms. The molecular formula is C24H26O3. The van der Waals surface area contributed by atoms with Gasteiger partial charge >= 0.3 is 5.97 Å². The first kappa shape index (κ1) is 19.0. The third kappa shape index (κ3) is 4.01. The number of carboxylic acids is 1. The topological polar surface area (TPSA) is 46.5 Å². The maximum Gasteiger partial charge on any atom is 0.307 e. The van der Waals surface area contributed by atoms with Gasteiger partial charge in [-0.3, -0.25) is 4.79 Å². The third-order valence-electron chi connectivity index (χ3n) is 5.08. The lowest BCUT2D eigenvalue weighted by Gasteiger charge is -2.43. The standard InChI is InChI=1S/C24H26O3/c1-6-7-18-13-19(17-10-8-16(9-11-17)12-21(25)26)14-20-22(18)27-24(4,5)15-23(20,2)3/h1,8-11,13-14H,7,12,15H2,2-5H3,(H,25,26). The van der Waals surface area contributed by atoms with Crippen LogP contribution < -0.4 is 4.74 Å². The van der Waals surface area contributed by atoms with E-state index in [1.54, 1.807) is 0 Å². The van der Waals surface area contributed by atoms with E-state index in [1.807, 2.05) is 24.3 Å². The second kappa shape index (κ2) is 6.78. The zero-order valence-electron chi connectivity index (χ0n) is 16.4. The number of ether oxygens (including phenoxy) is 1. The van der Waals surface area contributed by atoms with E-state index < -0.39 is 5.97 Å². The van der Waals surface area contributed by atoms with Gasteiger partial charge in [0.05, 0.1) is 6.42 Å². The van der Waals surface area contributed by atoms with Crippen molar-refractivity contribution in [1.82, 2.24) is 0 Å². The molecule has 3 heteroatoms. The minimum atomic E-state index is -0.825. The Labute approximate surface area is 161 Å². The molecule has 0 aromatic heterocycles. The highest BCUT2D eigenvalue weighted by molar-refractivity contribution is 5.72. The van der Waals surface area contributed by atoms with Crippen molar-refractivity contribution >= 4 is 5.97 Å². The molecule has 1 aliphatic heterocycles. The van der Waals surface area contributed by atoms with E-state index in [-0.39, 0.29) is 17.4 Å². The predicted molar refractivity (Wildman–Crippen MR) is 108 cm³/mol. The van der Waals surface area contributed by atoms with Gasteiger partial charge in [-0.1, -0.05) is 38.1 Å². The van der Waals surface area contributed by atoms with Gasteiger partial charge in [0.2, 0.25) is 0 Å². The number of hydrogen-bond donors (Lipinski definition) is 1. The van der Waals surface area contributed by atoms with Crippen molar-refractivity contribution in [2.24, 2.45) is 0 Å². The summed E-state index contributed by atoms with van der Waals surface area (Å²) in [6, 6.07) is 12.0. The van der Waals surface area contributed by atoms with Crippen LogP contribution in [0, 0.1) is 12.3 Å². The van der Waals surface area contributed by atoms with Crippen LogP contribution in [0.25, 0.3) is 11.1 Å². The number of carbonyl (C=O) groups is 1. The highest BCUT2D eigenvalue weighted by atomic mass is 16.5. The Kier molecular flexibility index (Phi) is 4.78. The second-order valence-corrected chi connectivity index (χ2v) is 8.58. The van der Waals surface area contributed by atoms with E-state index in [0.29, 0.717) is 6.42 Å². The number of carboxylic acid groups (broad SMARTS) is 1. The van der Waals surface area contributed by atoms with E-state index in [4.69, 9.17) is 16.3 Å². The monoisotopic (exact) mass is 362 g/mol. The molecule has 0 saturated carbocycles. The molecule has 1 aliphatic rings. The predicted octanol–water partition coefficient (Wildman–Crippen LogP) is 5.00. The van der Waals surface area contributed by atoms with Crippen LogP contribution in [-0.2, 0) is 23.1 Å². The van der Waals surface area contributed by atoms with E-state index in [0.717, 1.165) is 34.4 Å². The van der Waals surface area contributed by atoms with E-state index in [2.05, 4.69) is 45.7 Å². The molecule has 0 aliphatic carbocycles. The van der Waals surface area contributed by atoms with Gasteiger partial charge in [0.25, 0.3) is 0 Å². The van der Waals surface area contributed by atoms with Crippen molar-refractivity contribution < 1.29 is 14.6 Å². The molecule has 27 heavy (non-hydrogen) atoms. The molecule has 0 unspecified atom stereocenters. The van der Waals surface area contributed by atoms with Gasteiger partial charge in [-0.15, -0.1) is 12.3 Å². The molecular weight excluding hydrogens is 336 g/mol. The molecule has 1 N–H and O–H groups in total. The maximum absolute atomic E-state index is 10.9. The Bertz CT molecular complexity index is 912. The van der Waals surface area contributed by atoms with Crippen molar-refractivity contribution in [1.29, 1.82) is 0 Å². The minimum absolute atomic E-state index is 0.0281. The molecule has 2 aromatic rings. The van der Waals surface area contributed by atoms with Gasteiger partial charge < -0.3 is 9.84 Å². The van der Waals surface area contributed by atoms with Crippen LogP contribution in [0.2, 0.25) is 0 Å². The van der Waals surface area contributed by atoms with Gasteiger partial charge in [0, 0.05) is 17.5 Å². The van der Waals surface area contributed by atoms with Gasteiger partial charge in [0.1, 0.15) is 11.4 Å². The first-order valence-electron chi connectivity index (χ1n) is 9.22. The third-order valence-corrected chi connectivity index (χ3v) is 5.08. The van der Waals surface area contributed by atoms with Crippen LogP contribution in [0.4, 0.5) is 0 Å². The summed E-state index contributed by atoms with van der Waals surface area (Å²) in [5.41, 5.74) is 4.86. The lowest BCUT2D eigenvalue weighted by atomic mass is 9.72. The Morgan fingerprint density at radius 2 is 1.81 bits per heavy atom. The number of fused-ring (bicyclic) bond motifs is 1. The summed E-state index contributed by atoms with van der Waals surface area (Å²) in [5, 5.41) is 8.95. The average molecular weight is 362 g/mol. The summed E-state index contributed by atoms with van der Waals surface area (Å²) in [7, 11) is 0. The van der Waals surface area contributed by atoms with Crippen molar-refractivity contribution in [3.05, 3.63) is 53.1 Å². The molecule has 0 bridgehead atoms. The van der Waals surface area contributed by atoms with Crippen LogP contribution in [-0.4, -0.2) is 16.7 Å². The number of benzene rings is 2. The Morgan fingerprint density at radius 3 is 2.41 bits per heavy atom. The highest BCUT2D eigenvalue weighted by Gasteiger charge is 2.40. The van der Waals surface area contributed by atoms with Crippen LogP contribution in [0.15, 0.2) is 36.4 Å². The summed E-state index contributed by atoms with van der Waals surface area (Å²) in [6.45, 7) is 8.73. The molecule has 3 rings (SSSR count). The first-order chi connectivity index (χ1) is 12.6. The molecule has 3 nitrogen and oxygen atoms in total. The molecule has 0 radical (unpaired) electrons. The van der Waals surface area contributed by atoms with E-state index in [1.165, 1.54) is 5.56 Å². The first-order valence-corrected chi connectivity index (χ1v) is 9.22. The van der Waals surface area contributed by atoms with Crippen molar-refractivity contribution in [2.75, 3.05) is 0 Å². The molecule has 140 valence electrons. The van der Waals surface area contributed by atoms with Crippen molar-refractivity contribution in [2.45, 2.75) is 58.0 Å². The number of rotatable bonds is 4. The smallest absolute Gasteiger partial charge is 0.307 e. The normalized spacial score (nSPS) is 16.7. The van der Waals surface area contributed by atoms with Crippen LogP contribution >= 0.6 is 0 Å². The zero-order chi connectivity index (χ0) is 19.8. The number of terminal acetylenes is 1. The number of aliphatic carboxylic acids is 1. The molecule has 2 aromatic carbocycles. The van der Waals surface area contributed by atoms with Crippen LogP contribution in [0.5, 0.6) is 5.75 Å². The fourth-order valence-corrected chi connectivity index (χ4v) is 4.18. The number of hydrogen-bond acceptors (Lipinski definition) is 2. The molecule has 0 saturated heterocycles.